The second-order valence-corrected chi connectivity index (χ2v) is 8.52. The molecular weight excluding hydrogens is 404 g/mol. The fourth-order valence-corrected chi connectivity index (χ4v) is 3.93. The highest BCUT2D eigenvalue weighted by molar-refractivity contribution is 7.93. The fraction of sp³-hybridized carbons (Fsp3) is 0.263. The van der Waals surface area contributed by atoms with Gasteiger partial charge in [-0.1, -0.05) is 6.92 Å². The van der Waals surface area contributed by atoms with Crippen LogP contribution < -0.4 is 9.46 Å². The largest absolute Gasteiger partial charge is 0.496 e. The molecule has 29 heavy (non-hydrogen) atoms. The molecule has 0 radical (unpaired) electrons. The van der Waals surface area contributed by atoms with Crippen LogP contribution in [0.25, 0.3) is 11.0 Å². The summed E-state index contributed by atoms with van der Waals surface area (Å²) in [4.78, 5) is 19.8. The van der Waals surface area contributed by atoms with Crippen LogP contribution in [-0.2, 0) is 10.0 Å². The second kappa shape index (κ2) is 7.78. The highest BCUT2D eigenvalue weighted by Gasteiger charge is 2.28. The number of hydrogen-bond acceptors (Lipinski definition) is 5. The minimum Gasteiger partial charge on any atom is -0.496 e. The Morgan fingerprint density at radius 2 is 2.03 bits per heavy atom. The first-order chi connectivity index (χ1) is 13.7. The summed E-state index contributed by atoms with van der Waals surface area (Å²) < 4.78 is 61.2. The van der Waals surface area contributed by atoms with Crippen molar-refractivity contribution in [3.05, 3.63) is 53.4 Å². The normalized spacial score (nSPS) is 12.7. The lowest BCUT2D eigenvalue weighted by atomic mass is 10.0. The number of ketones is 1. The first kappa shape index (κ1) is 20.7. The number of H-pyrrole nitrogens is 1. The van der Waals surface area contributed by atoms with E-state index in [1.807, 2.05) is 0 Å². The topological polar surface area (TPSA) is 101 Å². The third-order valence-electron chi connectivity index (χ3n) is 4.67. The number of sulfonamides is 1. The zero-order valence-electron chi connectivity index (χ0n) is 15.9. The highest BCUT2D eigenvalue weighted by atomic mass is 32.2. The summed E-state index contributed by atoms with van der Waals surface area (Å²) in [5, 5.41) is -0.528. The molecular formula is C19H19F2N3O4S. The molecule has 0 fully saturated rings. The number of halogens is 2. The lowest BCUT2D eigenvalue weighted by molar-refractivity contribution is 0.103. The number of benzene rings is 1. The summed E-state index contributed by atoms with van der Waals surface area (Å²) in [6, 6.07) is 3.30. The van der Waals surface area contributed by atoms with E-state index >= 15 is 4.39 Å². The Balaban J connectivity index is 2.12. The Morgan fingerprint density at radius 1 is 1.31 bits per heavy atom. The van der Waals surface area contributed by atoms with Gasteiger partial charge in [-0.05, 0) is 31.5 Å². The molecule has 2 heterocycles. The van der Waals surface area contributed by atoms with Crippen molar-refractivity contribution in [1.82, 2.24) is 9.97 Å². The van der Waals surface area contributed by atoms with E-state index < -0.39 is 43.9 Å². The number of carbonyl (C=O) groups is 1. The number of aromatic nitrogens is 2. The average molecular weight is 423 g/mol. The number of methoxy groups -OCH3 is 1. The number of carbonyl (C=O) groups excluding carboxylic acids is 1. The molecule has 7 nitrogen and oxygen atoms in total. The molecule has 2 N–H and O–H groups in total. The summed E-state index contributed by atoms with van der Waals surface area (Å²) in [7, 11) is -2.51. The van der Waals surface area contributed by atoms with Crippen molar-refractivity contribution in [1.29, 1.82) is 0 Å². The summed E-state index contributed by atoms with van der Waals surface area (Å²) in [5.41, 5.74) is -1.12. The van der Waals surface area contributed by atoms with Crippen LogP contribution in [0.15, 0.2) is 30.6 Å². The van der Waals surface area contributed by atoms with Crippen LogP contribution in [-0.4, -0.2) is 36.5 Å². The van der Waals surface area contributed by atoms with Crippen molar-refractivity contribution in [2.45, 2.75) is 25.5 Å². The summed E-state index contributed by atoms with van der Waals surface area (Å²) in [5.74, 6) is -3.08. The van der Waals surface area contributed by atoms with Gasteiger partial charge in [0.05, 0.1) is 34.6 Å². The first-order valence-corrected chi connectivity index (χ1v) is 10.3. The predicted octanol–water partition coefficient (Wildman–Crippen LogP) is 3.62. The number of ether oxygens (including phenoxy) is 1. The van der Waals surface area contributed by atoms with Crippen LogP contribution in [0.1, 0.15) is 36.2 Å². The number of anilines is 1. The summed E-state index contributed by atoms with van der Waals surface area (Å²) in [6.07, 6.45) is 3.03. The number of pyridine rings is 1. The van der Waals surface area contributed by atoms with E-state index in [2.05, 4.69) is 14.7 Å². The zero-order chi connectivity index (χ0) is 21.3. The molecule has 0 amide bonds. The fourth-order valence-electron chi connectivity index (χ4n) is 2.82. The molecule has 2 aromatic heterocycles. The number of aromatic amines is 1. The Bertz CT molecular complexity index is 1190. The van der Waals surface area contributed by atoms with Gasteiger partial charge in [0.1, 0.15) is 17.2 Å². The van der Waals surface area contributed by atoms with Crippen LogP contribution in [0.3, 0.4) is 0 Å². The van der Waals surface area contributed by atoms with Crippen molar-refractivity contribution < 1.29 is 26.7 Å². The molecule has 0 saturated heterocycles. The molecule has 0 aliphatic rings. The van der Waals surface area contributed by atoms with Gasteiger partial charge >= 0.3 is 0 Å². The number of hydrogen-bond donors (Lipinski definition) is 2. The maximum absolute atomic E-state index is 15.0. The minimum absolute atomic E-state index is 0.0512. The van der Waals surface area contributed by atoms with E-state index in [1.54, 1.807) is 6.92 Å². The van der Waals surface area contributed by atoms with Gasteiger partial charge in [0.25, 0.3) is 0 Å². The van der Waals surface area contributed by atoms with Gasteiger partial charge in [-0.2, -0.15) is 0 Å². The lowest BCUT2D eigenvalue weighted by Gasteiger charge is -2.15. The Kier molecular flexibility index (Phi) is 5.56. The highest BCUT2D eigenvalue weighted by Crippen LogP contribution is 2.31. The standard InChI is InChI=1S/C19H19F2N3O4S/c1-4-10(2)29(26,27)24-13-6-5-12(20)16(17(13)21)18(25)11-9-23-19-15(11)14(28-3)7-8-22-19/h5-10,24H,4H2,1-3H3,(H,22,23). The molecule has 0 spiro atoms. The molecule has 0 saturated carbocycles. The minimum atomic E-state index is -3.90. The zero-order valence-corrected chi connectivity index (χ0v) is 16.7. The van der Waals surface area contributed by atoms with Gasteiger partial charge in [-0.25, -0.2) is 22.2 Å². The van der Waals surface area contributed by atoms with Crippen molar-refractivity contribution in [3.63, 3.8) is 0 Å². The van der Waals surface area contributed by atoms with Crippen LogP contribution in [0.5, 0.6) is 5.75 Å². The van der Waals surface area contributed by atoms with Gasteiger partial charge in [0.15, 0.2) is 5.82 Å². The van der Waals surface area contributed by atoms with Crippen LogP contribution >= 0.6 is 0 Å². The van der Waals surface area contributed by atoms with Gasteiger partial charge in [-0.15, -0.1) is 0 Å². The Morgan fingerprint density at radius 3 is 2.69 bits per heavy atom. The molecule has 10 heteroatoms. The SMILES string of the molecule is CCC(C)S(=O)(=O)Nc1ccc(F)c(C(=O)c2c[nH]c3nccc(OC)c23)c1F. The van der Waals surface area contributed by atoms with Crippen LogP contribution in [0, 0.1) is 11.6 Å². The van der Waals surface area contributed by atoms with E-state index in [1.165, 1.54) is 32.5 Å². The molecule has 1 unspecified atom stereocenters. The van der Waals surface area contributed by atoms with Crippen molar-refractivity contribution >= 4 is 32.5 Å². The predicted molar refractivity (Wildman–Crippen MR) is 105 cm³/mol. The Hall–Kier alpha value is -3.01. The van der Waals surface area contributed by atoms with E-state index in [0.29, 0.717) is 17.8 Å². The molecule has 154 valence electrons. The maximum atomic E-state index is 15.0. The van der Waals surface area contributed by atoms with Crippen molar-refractivity contribution in [2.75, 3.05) is 11.8 Å². The smallest absolute Gasteiger partial charge is 0.235 e. The van der Waals surface area contributed by atoms with Crippen LogP contribution in [0.4, 0.5) is 14.5 Å². The van der Waals surface area contributed by atoms with Gasteiger partial charge in [-0.3, -0.25) is 9.52 Å². The number of nitrogens with zero attached hydrogens (tertiary/aromatic N) is 1. The number of rotatable bonds is 7. The van der Waals surface area contributed by atoms with Gasteiger partial charge in [0.2, 0.25) is 15.8 Å². The molecule has 0 bridgehead atoms. The number of nitrogens with one attached hydrogen (secondary N) is 2. The van der Waals surface area contributed by atoms with Gasteiger partial charge < -0.3 is 9.72 Å². The monoisotopic (exact) mass is 423 g/mol. The van der Waals surface area contributed by atoms with E-state index in [-0.39, 0.29) is 10.9 Å². The molecule has 1 atom stereocenters. The number of fused-ring (bicyclic) bond motifs is 1. The van der Waals surface area contributed by atoms with Gasteiger partial charge in [0, 0.05) is 12.4 Å². The molecule has 1 aromatic carbocycles. The second-order valence-electron chi connectivity index (χ2n) is 6.42. The molecule has 3 rings (SSSR count). The van der Waals surface area contributed by atoms with E-state index in [4.69, 9.17) is 4.74 Å². The Labute approximate surface area is 166 Å². The molecule has 3 aromatic rings. The maximum Gasteiger partial charge on any atom is 0.235 e. The summed E-state index contributed by atoms with van der Waals surface area (Å²) in [6.45, 7) is 3.12. The van der Waals surface area contributed by atoms with E-state index in [0.717, 1.165) is 12.1 Å². The third-order valence-corrected chi connectivity index (χ3v) is 6.57. The van der Waals surface area contributed by atoms with Crippen molar-refractivity contribution in [2.24, 2.45) is 0 Å². The first-order valence-electron chi connectivity index (χ1n) is 8.75. The van der Waals surface area contributed by atoms with E-state index in [9.17, 15) is 17.6 Å². The summed E-state index contributed by atoms with van der Waals surface area (Å²) >= 11 is 0. The lowest BCUT2D eigenvalue weighted by Crippen LogP contribution is -2.25. The van der Waals surface area contributed by atoms with Crippen molar-refractivity contribution in [3.8, 4) is 5.75 Å². The molecule has 0 aliphatic carbocycles. The quantitative estimate of drug-likeness (QED) is 0.565. The average Bonchev–Trinajstić information content (AvgIpc) is 3.13. The third kappa shape index (κ3) is 3.67. The molecule has 0 aliphatic heterocycles. The van der Waals surface area contributed by atoms with Crippen LogP contribution in [0.2, 0.25) is 0 Å².